The van der Waals surface area contributed by atoms with Crippen LogP contribution in [0.1, 0.15) is 31.9 Å². The second kappa shape index (κ2) is 8.08. The van der Waals surface area contributed by atoms with Crippen LogP contribution >= 0.6 is 0 Å². The molecule has 3 rings (SSSR count). The van der Waals surface area contributed by atoms with E-state index in [1.807, 2.05) is 76.2 Å². The summed E-state index contributed by atoms with van der Waals surface area (Å²) in [5.74, 6) is 1.24. The van der Waals surface area contributed by atoms with Crippen LogP contribution in [-0.4, -0.2) is 24.8 Å². The van der Waals surface area contributed by atoms with Gasteiger partial charge in [0.1, 0.15) is 0 Å². The molecule has 2 aromatic carbocycles. The predicted octanol–water partition coefficient (Wildman–Crippen LogP) is 4.60. The van der Waals surface area contributed by atoms with Crippen molar-refractivity contribution in [1.29, 1.82) is 0 Å². The minimum absolute atomic E-state index is 0.134. The van der Waals surface area contributed by atoms with Gasteiger partial charge in [0.15, 0.2) is 11.5 Å². The summed E-state index contributed by atoms with van der Waals surface area (Å²) in [6.45, 7) is 8.81. The fraction of sp³-hybridized carbons (Fsp3) is 0.273. The summed E-state index contributed by atoms with van der Waals surface area (Å²) in [6.07, 6.45) is 1.84. The van der Waals surface area contributed by atoms with Crippen molar-refractivity contribution in [2.45, 2.75) is 27.7 Å². The highest BCUT2D eigenvalue weighted by molar-refractivity contribution is 6.32. The highest BCUT2D eigenvalue weighted by Gasteiger charge is 2.28. The summed E-state index contributed by atoms with van der Waals surface area (Å²) < 4.78 is 11.3. The van der Waals surface area contributed by atoms with Crippen molar-refractivity contribution in [2.75, 3.05) is 18.2 Å². The number of aryl methyl sites for hydroxylation is 1. The largest absolute Gasteiger partial charge is 0.490 e. The smallest absolute Gasteiger partial charge is 0.280 e. The molecule has 1 aliphatic heterocycles. The van der Waals surface area contributed by atoms with Crippen molar-refractivity contribution in [3.63, 3.8) is 0 Å². The molecule has 0 bridgehead atoms. The molecule has 1 heterocycles. The molecule has 140 valence electrons. The van der Waals surface area contributed by atoms with Gasteiger partial charge in [-0.05, 0) is 69.2 Å². The van der Waals surface area contributed by atoms with Crippen LogP contribution in [0, 0.1) is 6.92 Å². The van der Waals surface area contributed by atoms with Gasteiger partial charge >= 0.3 is 0 Å². The van der Waals surface area contributed by atoms with E-state index in [2.05, 4.69) is 5.10 Å². The molecular weight excluding hydrogens is 340 g/mol. The molecule has 27 heavy (non-hydrogen) atoms. The molecule has 0 aromatic heterocycles. The first-order chi connectivity index (χ1) is 13.0. The van der Waals surface area contributed by atoms with E-state index in [9.17, 15) is 4.79 Å². The standard InChI is InChI=1S/C22H24N2O3/c1-5-26-20-11-10-17(14-21(20)27-6-2)13-19-16(4)23-24(22(19)25)18-9-7-8-15(3)12-18/h7-14H,5-6H2,1-4H3/b19-13+. The Hall–Kier alpha value is -3.08. The van der Waals surface area contributed by atoms with Gasteiger partial charge < -0.3 is 9.47 Å². The third kappa shape index (κ3) is 4.03. The number of rotatable bonds is 6. The summed E-state index contributed by atoms with van der Waals surface area (Å²) in [5.41, 5.74) is 3.98. The molecule has 1 aliphatic rings. The molecular formula is C22H24N2O3. The number of ether oxygens (including phenoxy) is 2. The number of carbonyl (C=O) groups is 1. The predicted molar refractivity (Wildman–Crippen MR) is 109 cm³/mol. The summed E-state index contributed by atoms with van der Waals surface area (Å²) in [5, 5.41) is 5.89. The Morgan fingerprint density at radius 1 is 1.00 bits per heavy atom. The Balaban J connectivity index is 1.92. The molecule has 0 radical (unpaired) electrons. The molecule has 5 heteroatoms. The minimum Gasteiger partial charge on any atom is -0.490 e. The van der Waals surface area contributed by atoms with Crippen molar-refractivity contribution in [2.24, 2.45) is 5.10 Å². The minimum atomic E-state index is -0.134. The number of hydrazone groups is 1. The summed E-state index contributed by atoms with van der Waals surface area (Å²) >= 11 is 0. The van der Waals surface area contributed by atoms with Crippen LogP contribution in [0.3, 0.4) is 0 Å². The lowest BCUT2D eigenvalue weighted by atomic mass is 10.1. The van der Waals surface area contributed by atoms with Crippen molar-refractivity contribution >= 4 is 23.4 Å². The molecule has 5 nitrogen and oxygen atoms in total. The van der Waals surface area contributed by atoms with Gasteiger partial charge in [-0.25, -0.2) is 0 Å². The third-order valence-electron chi connectivity index (χ3n) is 4.19. The molecule has 0 aliphatic carbocycles. The third-order valence-corrected chi connectivity index (χ3v) is 4.19. The highest BCUT2D eigenvalue weighted by Crippen LogP contribution is 2.31. The molecule has 0 saturated carbocycles. The van der Waals surface area contributed by atoms with E-state index in [0.717, 1.165) is 16.8 Å². The summed E-state index contributed by atoms with van der Waals surface area (Å²) in [4.78, 5) is 12.9. The molecule has 0 N–H and O–H groups in total. The van der Waals surface area contributed by atoms with Crippen LogP contribution in [0.25, 0.3) is 6.08 Å². The highest BCUT2D eigenvalue weighted by atomic mass is 16.5. The van der Waals surface area contributed by atoms with E-state index in [-0.39, 0.29) is 5.91 Å². The van der Waals surface area contributed by atoms with E-state index in [0.29, 0.717) is 36.0 Å². The van der Waals surface area contributed by atoms with E-state index in [1.54, 1.807) is 0 Å². The Morgan fingerprint density at radius 3 is 2.44 bits per heavy atom. The Labute approximate surface area is 159 Å². The van der Waals surface area contributed by atoms with Gasteiger partial charge in [0.25, 0.3) is 5.91 Å². The number of carbonyl (C=O) groups excluding carboxylic acids is 1. The average Bonchev–Trinajstić information content (AvgIpc) is 2.92. The first kappa shape index (κ1) is 18.7. The molecule has 1 amide bonds. The van der Waals surface area contributed by atoms with Crippen LogP contribution in [-0.2, 0) is 4.79 Å². The molecule has 0 atom stereocenters. The monoisotopic (exact) mass is 364 g/mol. The van der Waals surface area contributed by atoms with Gasteiger partial charge in [-0.1, -0.05) is 18.2 Å². The van der Waals surface area contributed by atoms with Crippen molar-refractivity contribution in [3.05, 3.63) is 59.2 Å². The number of hydrogen-bond acceptors (Lipinski definition) is 4. The topological polar surface area (TPSA) is 51.1 Å². The van der Waals surface area contributed by atoms with E-state index < -0.39 is 0 Å². The summed E-state index contributed by atoms with van der Waals surface area (Å²) in [7, 11) is 0. The molecule has 0 saturated heterocycles. The maximum absolute atomic E-state index is 12.9. The van der Waals surface area contributed by atoms with E-state index in [1.165, 1.54) is 5.01 Å². The molecule has 2 aromatic rings. The van der Waals surface area contributed by atoms with Crippen molar-refractivity contribution in [3.8, 4) is 11.5 Å². The van der Waals surface area contributed by atoms with Gasteiger partial charge in [0, 0.05) is 0 Å². The number of amides is 1. The zero-order valence-electron chi connectivity index (χ0n) is 16.2. The van der Waals surface area contributed by atoms with Crippen molar-refractivity contribution < 1.29 is 14.3 Å². The maximum atomic E-state index is 12.9. The first-order valence-electron chi connectivity index (χ1n) is 9.11. The van der Waals surface area contributed by atoms with Gasteiger partial charge in [-0.15, -0.1) is 0 Å². The number of nitrogens with zero attached hydrogens (tertiary/aromatic N) is 2. The van der Waals surface area contributed by atoms with Gasteiger partial charge in [-0.2, -0.15) is 10.1 Å². The Bertz CT molecular complexity index is 916. The van der Waals surface area contributed by atoms with Crippen LogP contribution in [0.15, 0.2) is 53.1 Å². The number of hydrogen-bond donors (Lipinski definition) is 0. The quantitative estimate of drug-likeness (QED) is 0.704. The lowest BCUT2D eigenvalue weighted by Crippen LogP contribution is -2.21. The molecule has 0 unspecified atom stereocenters. The van der Waals surface area contributed by atoms with Crippen LogP contribution in [0.4, 0.5) is 5.69 Å². The number of anilines is 1. The second-order valence-corrected chi connectivity index (χ2v) is 6.27. The van der Waals surface area contributed by atoms with Crippen LogP contribution in [0.2, 0.25) is 0 Å². The van der Waals surface area contributed by atoms with Crippen LogP contribution < -0.4 is 14.5 Å². The van der Waals surface area contributed by atoms with E-state index in [4.69, 9.17) is 9.47 Å². The van der Waals surface area contributed by atoms with Gasteiger partial charge in [-0.3, -0.25) is 4.79 Å². The molecule has 0 spiro atoms. The average molecular weight is 364 g/mol. The molecule has 0 fully saturated rings. The van der Waals surface area contributed by atoms with Crippen molar-refractivity contribution in [1.82, 2.24) is 0 Å². The van der Waals surface area contributed by atoms with Crippen LogP contribution in [0.5, 0.6) is 11.5 Å². The van der Waals surface area contributed by atoms with E-state index >= 15 is 0 Å². The zero-order valence-corrected chi connectivity index (χ0v) is 16.2. The lowest BCUT2D eigenvalue weighted by Gasteiger charge is -2.13. The van der Waals surface area contributed by atoms with Gasteiger partial charge in [0.2, 0.25) is 0 Å². The lowest BCUT2D eigenvalue weighted by molar-refractivity contribution is -0.114. The Morgan fingerprint density at radius 2 is 1.74 bits per heavy atom. The maximum Gasteiger partial charge on any atom is 0.280 e. The zero-order chi connectivity index (χ0) is 19.4. The first-order valence-corrected chi connectivity index (χ1v) is 9.11. The number of benzene rings is 2. The Kier molecular flexibility index (Phi) is 5.60. The fourth-order valence-corrected chi connectivity index (χ4v) is 2.94. The fourth-order valence-electron chi connectivity index (χ4n) is 2.94. The second-order valence-electron chi connectivity index (χ2n) is 6.27. The summed E-state index contributed by atoms with van der Waals surface area (Å²) in [6, 6.07) is 13.4. The SMILES string of the molecule is CCOc1ccc(/C=C2/C(=O)N(c3cccc(C)c3)N=C2C)cc1OCC. The van der Waals surface area contributed by atoms with Gasteiger partial charge in [0.05, 0.1) is 30.2 Å². The normalized spacial score (nSPS) is 15.3.